The largest absolute Gasteiger partial charge is 0.494 e. The summed E-state index contributed by atoms with van der Waals surface area (Å²) in [6.07, 6.45) is 3.46. The molecule has 0 spiro atoms. The van der Waals surface area contributed by atoms with Crippen molar-refractivity contribution in [1.82, 2.24) is 4.90 Å². The molecule has 0 N–H and O–H groups in total. The van der Waals surface area contributed by atoms with Crippen molar-refractivity contribution in [2.45, 2.75) is 77.5 Å². The molecule has 0 unspecified atom stereocenters. The van der Waals surface area contributed by atoms with Gasteiger partial charge in [0.2, 0.25) is 0 Å². The molecule has 2 heterocycles. The van der Waals surface area contributed by atoms with Crippen molar-refractivity contribution in [3.05, 3.63) is 64.2 Å². The highest BCUT2D eigenvalue weighted by Gasteiger charge is 2.58. The van der Waals surface area contributed by atoms with Crippen LogP contribution in [0.1, 0.15) is 92.6 Å². The summed E-state index contributed by atoms with van der Waals surface area (Å²) in [6, 6.07) is 12.0. The minimum absolute atomic E-state index is 0.294. The van der Waals surface area contributed by atoms with Crippen LogP contribution in [0.25, 0.3) is 0 Å². The van der Waals surface area contributed by atoms with E-state index in [0.29, 0.717) is 21.7 Å². The summed E-state index contributed by atoms with van der Waals surface area (Å²) in [5.41, 5.74) is 1.72. The van der Waals surface area contributed by atoms with E-state index in [9.17, 15) is 9.59 Å². The molecule has 0 bridgehead atoms. The Balaban J connectivity index is 1.62. The number of benzene rings is 2. The average Bonchev–Trinajstić information content (AvgIpc) is 3.31. The maximum atomic E-state index is 12.9. The second-order valence-corrected chi connectivity index (χ2v) is 9.36. The van der Waals surface area contributed by atoms with E-state index in [-0.39, 0.29) is 23.0 Å². The highest BCUT2D eigenvalue weighted by Crippen LogP contribution is 2.47. The zero-order chi connectivity index (χ0) is 24.0. The van der Waals surface area contributed by atoms with E-state index >= 15 is 0 Å². The van der Waals surface area contributed by atoms with Gasteiger partial charge in [-0.25, -0.2) is 0 Å². The molecular weight excluding hydrogens is 437 g/mol. The molecule has 0 saturated carbocycles. The second kappa shape index (κ2) is 8.90. The van der Waals surface area contributed by atoms with Gasteiger partial charge in [0.1, 0.15) is 0 Å². The summed E-state index contributed by atoms with van der Waals surface area (Å²) in [5, 5.41) is 0.479. The number of nitrogens with zero attached hydrogens (tertiary/aromatic N) is 1. The van der Waals surface area contributed by atoms with Crippen molar-refractivity contribution in [3.8, 4) is 0 Å². The normalized spacial score (nSPS) is 19.8. The number of carbonyl (C=O) groups excluding carboxylic acids is 2. The first-order chi connectivity index (χ1) is 15.8. The Morgan fingerprint density at radius 2 is 1.36 bits per heavy atom. The summed E-state index contributed by atoms with van der Waals surface area (Å²) < 4.78 is 13.1. The molecule has 0 aliphatic carbocycles. The quantitative estimate of drug-likeness (QED) is 0.395. The predicted octanol–water partition coefficient (Wildman–Crippen LogP) is 5.56. The number of rotatable bonds is 7. The van der Waals surface area contributed by atoms with Crippen LogP contribution in [0.4, 0.5) is 0 Å². The Morgan fingerprint density at radius 3 is 1.79 bits per heavy atom. The fourth-order valence-corrected chi connectivity index (χ4v) is 5.98. The van der Waals surface area contributed by atoms with E-state index < -0.39 is 13.2 Å². The zero-order valence-corrected chi connectivity index (χ0v) is 20.7. The number of carbonyl (C=O) groups is 2. The van der Waals surface area contributed by atoms with Gasteiger partial charge in [-0.3, -0.25) is 14.5 Å². The molecular formula is C26H31BClNO4. The van der Waals surface area contributed by atoms with Gasteiger partial charge in [0, 0.05) is 5.02 Å². The molecule has 33 heavy (non-hydrogen) atoms. The smallest absolute Gasteiger partial charge is 0.399 e. The fraction of sp³-hybridized carbons (Fsp3) is 0.462. The van der Waals surface area contributed by atoms with Gasteiger partial charge in [-0.15, -0.1) is 0 Å². The van der Waals surface area contributed by atoms with Crippen LogP contribution in [-0.4, -0.2) is 35.0 Å². The minimum atomic E-state index is -0.508. The van der Waals surface area contributed by atoms with Gasteiger partial charge in [-0.05, 0) is 61.8 Å². The molecule has 2 aliphatic rings. The Bertz CT molecular complexity index is 1020. The highest BCUT2D eigenvalue weighted by atomic mass is 35.5. The van der Waals surface area contributed by atoms with Gasteiger partial charge in [0.15, 0.2) is 0 Å². The molecule has 1 saturated heterocycles. The third kappa shape index (κ3) is 3.54. The fourth-order valence-electron chi connectivity index (χ4n) is 5.63. The maximum Gasteiger partial charge on any atom is 0.494 e. The number of amides is 2. The average molecular weight is 468 g/mol. The van der Waals surface area contributed by atoms with Crippen molar-refractivity contribution >= 4 is 36.0 Å². The SMILES string of the molecule is CCC1(CC)OB(c2ccc([C@@H](C)N3C(=O)c4ccccc4C3=O)c(Cl)c2)OC1(CC)CC. The van der Waals surface area contributed by atoms with Crippen LogP contribution in [0.3, 0.4) is 0 Å². The van der Waals surface area contributed by atoms with Gasteiger partial charge in [0.05, 0.1) is 28.4 Å². The van der Waals surface area contributed by atoms with Crippen LogP contribution in [0.2, 0.25) is 5.02 Å². The lowest BCUT2D eigenvalue weighted by Gasteiger charge is -2.42. The summed E-state index contributed by atoms with van der Waals surface area (Å²) in [4.78, 5) is 27.1. The third-order valence-electron chi connectivity index (χ3n) is 7.74. The number of halogens is 1. The monoisotopic (exact) mass is 467 g/mol. The van der Waals surface area contributed by atoms with Crippen molar-refractivity contribution < 1.29 is 18.9 Å². The predicted molar refractivity (Wildman–Crippen MR) is 131 cm³/mol. The maximum absolute atomic E-state index is 12.9. The lowest BCUT2D eigenvalue weighted by atomic mass is 9.75. The summed E-state index contributed by atoms with van der Waals surface area (Å²) in [6.45, 7) is 10.4. The van der Waals surface area contributed by atoms with E-state index in [1.54, 1.807) is 24.3 Å². The summed E-state index contributed by atoms with van der Waals surface area (Å²) in [7, 11) is -0.508. The third-order valence-corrected chi connectivity index (χ3v) is 8.07. The standard InChI is InChI=1S/C26H31BClNO4/c1-6-25(7-2)26(8-3,9-4)33-27(32-25)18-14-15-19(22(28)16-18)17(5)29-23(30)20-12-10-11-13-21(20)24(29)31/h10-17H,6-9H2,1-5H3/t17-/m1/s1. The van der Waals surface area contributed by atoms with Gasteiger partial charge in [-0.2, -0.15) is 0 Å². The van der Waals surface area contributed by atoms with Crippen molar-refractivity contribution in [2.24, 2.45) is 0 Å². The first kappa shape index (κ1) is 24.0. The lowest BCUT2D eigenvalue weighted by Crippen LogP contribution is -2.50. The first-order valence-corrected chi connectivity index (χ1v) is 12.3. The van der Waals surface area contributed by atoms with Crippen LogP contribution in [0.5, 0.6) is 0 Å². The van der Waals surface area contributed by atoms with Gasteiger partial charge in [-0.1, -0.05) is 63.6 Å². The summed E-state index contributed by atoms with van der Waals surface area (Å²) in [5.74, 6) is -0.589. The number of imide groups is 1. The van der Waals surface area contributed by atoms with E-state index in [4.69, 9.17) is 20.9 Å². The van der Waals surface area contributed by atoms with Crippen LogP contribution in [0.15, 0.2) is 42.5 Å². The van der Waals surface area contributed by atoms with Crippen LogP contribution < -0.4 is 5.46 Å². The van der Waals surface area contributed by atoms with Crippen LogP contribution in [0, 0.1) is 0 Å². The zero-order valence-electron chi connectivity index (χ0n) is 20.0. The topological polar surface area (TPSA) is 55.8 Å². The van der Waals surface area contributed by atoms with Gasteiger partial charge in [0.25, 0.3) is 11.8 Å². The molecule has 1 atom stereocenters. The highest BCUT2D eigenvalue weighted by molar-refractivity contribution is 6.62. The van der Waals surface area contributed by atoms with Gasteiger partial charge >= 0.3 is 7.12 Å². The molecule has 174 valence electrons. The van der Waals surface area contributed by atoms with Crippen LogP contribution >= 0.6 is 11.6 Å². The van der Waals surface area contributed by atoms with E-state index in [2.05, 4.69) is 27.7 Å². The summed E-state index contributed by atoms with van der Waals surface area (Å²) >= 11 is 6.71. The molecule has 2 aromatic rings. The molecule has 2 amide bonds. The number of hydrogen-bond acceptors (Lipinski definition) is 4. The Hall–Kier alpha value is -2.15. The van der Waals surface area contributed by atoms with Crippen molar-refractivity contribution in [1.29, 1.82) is 0 Å². The molecule has 2 aliphatic heterocycles. The second-order valence-electron chi connectivity index (χ2n) is 8.95. The molecule has 7 heteroatoms. The number of hydrogen-bond donors (Lipinski definition) is 0. The first-order valence-electron chi connectivity index (χ1n) is 11.9. The lowest BCUT2D eigenvalue weighted by molar-refractivity contribution is -0.0601. The van der Waals surface area contributed by atoms with Crippen molar-refractivity contribution in [2.75, 3.05) is 0 Å². The Labute approximate surface area is 201 Å². The molecule has 0 radical (unpaired) electrons. The van der Waals surface area contributed by atoms with Gasteiger partial charge < -0.3 is 9.31 Å². The van der Waals surface area contributed by atoms with E-state index in [0.717, 1.165) is 31.1 Å². The molecule has 4 rings (SSSR count). The van der Waals surface area contributed by atoms with E-state index in [1.807, 2.05) is 25.1 Å². The van der Waals surface area contributed by atoms with Crippen LogP contribution in [-0.2, 0) is 9.31 Å². The molecule has 0 aromatic heterocycles. The molecule has 1 fully saturated rings. The van der Waals surface area contributed by atoms with E-state index in [1.165, 1.54) is 4.90 Å². The Morgan fingerprint density at radius 1 is 0.879 bits per heavy atom. The molecule has 2 aromatic carbocycles. The Kier molecular flexibility index (Phi) is 6.47. The number of fused-ring (bicyclic) bond motifs is 1. The van der Waals surface area contributed by atoms with Crippen molar-refractivity contribution in [3.63, 3.8) is 0 Å². The molecule has 5 nitrogen and oxygen atoms in total. The minimum Gasteiger partial charge on any atom is -0.399 e.